The Kier molecular flexibility index (Phi) is 2.26. The van der Waals surface area contributed by atoms with E-state index in [4.69, 9.17) is 0 Å². The maximum Gasteiger partial charge on any atom is 0.149 e. The van der Waals surface area contributed by atoms with Gasteiger partial charge in [-0.2, -0.15) is 0 Å². The first kappa shape index (κ1) is 7.85. The van der Waals surface area contributed by atoms with Gasteiger partial charge in [0.2, 0.25) is 0 Å². The fourth-order valence-corrected chi connectivity index (χ4v) is 0.963. The SMILES string of the molecule is [CH](Cc1nnn[nH]1)c1ccccn1. The average molecular weight is 174 g/mol. The largest absolute Gasteiger partial charge is 0.261 e. The lowest BCUT2D eigenvalue weighted by atomic mass is 10.2. The van der Waals surface area contributed by atoms with Crippen molar-refractivity contribution in [2.24, 2.45) is 0 Å². The molecule has 1 radical (unpaired) electrons. The Morgan fingerprint density at radius 3 is 3.08 bits per heavy atom. The normalized spacial score (nSPS) is 10.2. The van der Waals surface area contributed by atoms with Gasteiger partial charge in [-0.05, 0) is 22.6 Å². The predicted molar refractivity (Wildman–Crippen MR) is 45.5 cm³/mol. The summed E-state index contributed by atoms with van der Waals surface area (Å²) in [6.07, 6.45) is 4.39. The van der Waals surface area contributed by atoms with E-state index in [1.165, 1.54) is 0 Å². The van der Waals surface area contributed by atoms with Crippen molar-refractivity contribution in [3.63, 3.8) is 0 Å². The Hall–Kier alpha value is -1.78. The highest BCUT2D eigenvalue weighted by Crippen LogP contribution is 2.00. The van der Waals surface area contributed by atoms with Crippen LogP contribution < -0.4 is 0 Å². The number of hydrogen-bond acceptors (Lipinski definition) is 4. The van der Waals surface area contributed by atoms with Gasteiger partial charge in [0.25, 0.3) is 0 Å². The minimum atomic E-state index is 0.671. The first-order valence-electron chi connectivity index (χ1n) is 3.92. The number of nitrogens with zero attached hydrogens (tertiary/aromatic N) is 4. The molecule has 2 aromatic heterocycles. The van der Waals surface area contributed by atoms with E-state index in [1.807, 2.05) is 24.6 Å². The molecule has 0 bridgehead atoms. The molecule has 0 aromatic carbocycles. The number of aromatic amines is 1. The van der Waals surface area contributed by atoms with Crippen molar-refractivity contribution in [1.82, 2.24) is 25.6 Å². The van der Waals surface area contributed by atoms with E-state index in [1.54, 1.807) is 6.20 Å². The molecular weight excluding hydrogens is 166 g/mol. The van der Waals surface area contributed by atoms with Crippen LogP contribution in [-0.4, -0.2) is 25.6 Å². The lowest BCUT2D eigenvalue weighted by Crippen LogP contribution is -1.93. The molecule has 2 aromatic rings. The van der Waals surface area contributed by atoms with Crippen molar-refractivity contribution >= 4 is 0 Å². The lowest BCUT2D eigenvalue weighted by molar-refractivity contribution is 0.881. The monoisotopic (exact) mass is 174 g/mol. The molecule has 0 saturated carbocycles. The number of tetrazole rings is 1. The van der Waals surface area contributed by atoms with E-state index in [0.29, 0.717) is 6.42 Å². The van der Waals surface area contributed by atoms with Gasteiger partial charge in [0, 0.05) is 24.7 Å². The Labute approximate surface area is 75.2 Å². The molecule has 65 valence electrons. The Morgan fingerprint density at radius 2 is 2.38 bits per heavy atom. The molecule has 2 heterocycles. The molecule has 5 heteroatoms. The van der Waals surface area contributed by atoms with Crippen molar-refractivity contribution in [2.45, 2.75) is 6.42 Å². The molecule has 0 aliphatic heterocycles. The molecule has 0 saturated heterocycles. The van der Waals surface area contributed by atoms with Crippen LogP contribution in [0.5, 0.6) is 0 Å². The summed E-state index contributed by atoms with van der Waals surface area (Å²) in [6, 6.07) is 5.76. The summed E-state index contributed by atoms with van der Waals surface area (Å²) in [5, 5.41) is 13.4. The third-order valence-corrected chi connectivity index (χ3v) is 1.58. The molecule has 0 spiro atoms. The van der Waals surface area contributed by atoms with E-state index < -0.39 is 0 Å². The molecule has 0 unspecified atom stereocenters. The summed E-state index contributed by atoms with van der Waals surface area (Å²) in [5.74, 6) is 0.741. The summed E-state index contributed by atoms with van der Waals surface area (Å²) in [5.41, 5.74) is 0.930. The van der Waals surface area contributed by atoms with Gasteiger partial charge in [-0.15, -0.1) is 5.10 Å². The topological polar surface area (TPSA) is 67.3 Å². The molecule has 1 N–H and O–H groups in total. The van der Waals surface area contributed by atoms with E-state index in [0.717, 1.165) is 11.5 Å². The first-order chi connectivity index (χ1) is 6.45. The second-order valence-corrected chi connectivity index (χ2v) is 2.51. The maximum atomic E-state index is 4.14. The highest BCUT2D eigenvalue weighted by Gasteiger charge is 1.98. The summed E-state index contributed by atoms with van der Waals surface area (Å²) in [4.78, 5) is 4.14. The number of rotatable bonds is 3. The van der Waals surface area contributed by atoms with Crippen molar-refractivity contribution in [1.29, 1.82) is 0 Å². The van der Waals surface area contributed by atoms with Gasteiger partial charge in [0.1, 0.15) is 5.82 Å². The average Bonchev–Trinajstić information content (AvgIpc) is 2.69. The van der Waals surface area contributed by atoms with Crippen LogP contribution in [0.4, 0.5) is 0 Å². The van der Waals surface area contributed by atoms with Crippen LogP contribution in [0.2, 0.25) is 0 Å². The smallest absolute Gasteiger partial charge is 0.149 e. The van der Waals surface area contributed by atoms with Crippen LogP contribution >= 0.6 is 0 Å². The number of nitrogens with one attached hydrogen (secondary N) is 1. The van der Waals surface area contributed by atoms with Gasteiger partial charge in [0.15, 0.2) is 0 Å². The van der Waals surface area contributed by atoms with Crippen LogP contribution in [0.1, 0.15) is 11.5 Å². The zero-order valence-corrected chi connectivity index (χ0v) is 6.88. The van der Waals surface area contributed by atoms with E-state index in [9.17, 15) is 0 Å². The van der Waals surface area contributed by atoms with E-state index >= 15 is 0 Å². The molecule has 0 atom stereocenters. The molecule has 5 nitrogen and oxygen atoms in total. The summed E-state index contributed by atoms with van der Waals surface area (Å²) in [7, 11) is 0. The summed E-state index contributed by atoms with van der Waals surface area (Å²) in [6.45, 7) is 0. The fraction of sp³-hybridized carbons (Fsp3) is 0.125. The molecule has 0 fully saturated rings. The first-order valence-corrected chi connectivity index (χ1v) is 3.92. The third kappa shape index (κ3) is 2.08. The zero-order valence-electron chi connectivity index (χ0n) is 6.88. The third-order valence-electron chi connectivity index (χ3n) is 1.58. The highest BCUT2D eigenvalue weighted by molar-refractivity contribution is 5.14. The summed E-state index contributed by atoms with van der Waals surface area (Å²) < 4.78 is 0. The number of H-pyrrole nitrogens is 1. The lowest BCUT2D eigenvalue weighted by Gasteiger charge is -1.94. The molecule has 0 amide bonds. The van der Waals surface area contributed by atoms with Crippen LogP contribution in [0, 0.1) is 6.42 Å². The van der Waals surface area contributed by atoms with Gasteiger partial charge >= 0.3 is 0 Å². The van der Waals surface area contributed by atoms with Gasteiger partial charge < -0.3 is 0 Å². The van der Waals surface area contributed by atoms with Crippen molar-refractivity contribution < 1.29 is 0 Å². The molecule has 13 heavy (non-hydrogen) atoms. The molecular formula is C8H8N5. The van der Waals surface area contributed by atoms with Gasteiger partial charge in [-0.25, -0.2) is 5.10 Å². The van der Waals surface area contributed by atoms with E-state index in [-0.39, 0.29) is 0 Å². The standard InChI is InChI=1S/C8H8N5/c1-2-6-9-7(3-1)4-5-8-10-12-13-11-8/h1-4,6H,5H2,(H,10,11,12,13). The molecule has 0 aliphatic rings. The number of pyridine rings is 1. The van der Waals surface area contributed by atoms with Crippen molar-refractivity contribution in [3.05, 3.63) is 42.3 Å². The van der Waals surface area contributed by atoms with Crippen molar-refractivity contribution in [3.8, 4) is 0 Å². The second-order valence-electron chi connectivity index (χ2n) is 2.51. The molecule has 0 aliphatic carbocycles. The fourth-order valence-electron chi connectivity index (χ4n) is 0.963. The zero-order chi connectivity index (χ0) is 8.93. The van der Waals surface area contributed by atoms with Gasteiger partial charge in [-0.3, -0.25) is 4.98 Å². The Balaban J connectivity index is 1.94. The van der Waals surface area contributed by atoms with Gasteiger partial charge in [-0.1, -0.05) is 6.07 Å². The number of hydrogen-bond donors (Lipinski definition) is 1. The van der Waals surface area contributed by atoms with E-state index in [2.05, 4.69) is 25.6 Å². The minimum absolute atomic E-state index is 0.671. The van der Waals surface area contributed by atoms with Gasteiger partial charge in [0.05, 0.1) is 0 Å². The predicted octanol–water partition coefficient (Wildman–Crippen LogP) is 0.390. The van der Waals surface area contributed by atoms with Crippen LogP contribution in [0.3, 0.4) is 0 Å². The Morgan fingerprint density at radius 1 is 1.38 bits per heavy atom. The van der Waals surface area contributed by atoms with Crippen LogP contribution in [0.25, 0.3) is 0 Å². The van der Waals surface area contributed by atoms with Crippen LogP contribution in [0.15, 0.2) is 24.4 Å². The second kappa shape index (κ2) is 3.75. The number of aromatic nitrogens is 5. The Bertz CT molecular complexity index is 342. The quantitative estimate of drug-likeness (QED) is 0.730. The minimum Gasteiger partial charge on any atom is -0.261 e. The summed E-state index contributed by atoms with van der Waals surface area (Å²) >= 11 is 0. The van der Waals surface area contributed by atoms with Crippen molar-refractivity contribution in [2.75, 3.05) is 0 Å². The highest BCUT2D eigenvalue weighted by atomic mass is 15.5. The molecule has 2 rings (SSSR count). The maximum absolute atomic E-state index is 4.14. The van der Waals surface area contributed by atoms with Crippen LogP contribution in [-0.2, 0) is 6.42 Å².